The molecule has 2 bridgehead atoms. The summed E-state index contributed by atoms with van der Waals surface area (Å²) in [5, 5.41) is 12.5. The summed E-state index contributed by atoms with van der Waals surface area (Å²) in [5.41, 5.74) is 2.12. The summed E-state index contributed by atoms with van der Waals surface area (Å²) in [5.74, 6) is 0.495. The molecule has 7 aliphatic rings. The van der Waals surface area contributed by atoms with Gasteiger partial charge in [0.25, 0.3) is 11.8 Å². The molecular weight excluding hydrogens is 896 g/mol. The summed E-state index contributed by atoms with van der Waals surface area (Å²) in [6, 6.07) is 20.1. The van der Waals surface area contributed by atoms with Crippen LogP contribution >= 0.6 is 0 Å². The molecular formula is C52H55FN10O7. The number of piperidine rings is 3. The Kier molecular flexibility index (Phi) is 12.0. The topological polar surface area (TPSA) is 191 Å². The molecule has 1 saturated carbocycles. The smallest absolute Gasteiger partial charge is 0.266 e. The molecule has 18 heteroatoms. The molecule has 12 rings (SSSR count). The molecule has 0 spiro atoms. The van der Waals surface area contributed by atoms with Crippen LogP contribution in [0.25, 0.3) is 10.9 Å². The van der Waals surface area contributed by atoms with Gasteiger partial charge in [0.1, 0.15) is 40.3 Å². The zero-order valence-electron chi connectivity index (χ0n) is 38.9. The number of methoxy groups -OCH3 is 1. The molecule has 6 aliphatic heterocycles. The molecule has 2 aromatic heterocycles. The molecule has 3 unspecified atom stereocenters. The number of hydrogen-bond acceptors (Lipinski definition) is 13. The number of fused-ring (bicyclic) bond motifs is 4. The van der Waals surface area contributed by atoms with Crippen LogP contribution in [0.3, 0.4) is 0 Å². The van der Waals surface area contributed by atoms with Crippen LogP contribution in [-0.2, 0) is 14.4 Å². The molecule has 0 radical (unpaired) electrons. The number of ether oxygens (including phenoxy) is 2. The molecule has 3 atom stereocenters. The first-order valence-corrected chi connectivity index (χ1v) is 24.3. The number of nitrogens with zero attached hydrogens (tertiary/aromatic N) is 6. The number of nitrogens with one attached hydrogen (secondary N) is 4. The van der Waals surface area contributed by atoms with Crippen molar-refractivity contribution in [2.45, 2.75) is 63.1 Å². The number of amides is 5. The summed E-state index contributed by atoms with van der Waals surface area (Å²) in [4.78, 5) is 83.4. The van der Waals surface area contributed by atoms with Crippen LogP contribution in [0, 0.1) is 17.2 Å². The van der Waals surface area contributed by atoms with Crippen molar-refractivity contribution in [3.63, 3.8) is 0 Å². The average Bonchev–Trinajstić information content (AvgIpc) is 4.16. The van der Waals surface area contributed by atoms with Gasteiger partial charge in [0, 0.05) is 93.6 Å². The highest BCUT2D eigenvalue weighted by molar-refractivity contribution is 6.24. The zero-order valence-corrected chi connectivity index (χ0v) is 38.9. The molecule has 5 aromatic rings. The van der Waals surface area contributed by atoms with E-state index in [0.717, 1.165) is 79.3 Å². The minimum absolute atomic E-state index is 0.255. The molecule has 5 saturated heterocycles. The monoisotopic (exact) mass is 950 g/mol. The lowest BCUT2D eigenvalue weighted by atomic mass is 9.84. The van der Waals surface area contributed by atoms with E-state index < -0.39 is 40.9 Å². The quantitative estimate of drug-likeness (QED) is 0.0719. The van der Waals surface area contributed by atoms with Crippen molar-refractivity contribution in [3.8, 4) is 17.2 Å². The summed E-state index contributed by atoms with van der Waals surface area (Å²) < 4.78 is 25.7. The first kappa shape index (κ1) is 45.3. The normalized spacial score (nSPS) is 22.0. The van der Waals surface area contributed by atoms with Crippen LogP contribution < -0.4 is 35.6 Å². The number of piperazine rings is 1. The number of hydrogen-bond donors (Lipinski definition) is 4. The Bertz CT molecular complexity index is 2860. The Hall–Kier alpha value is -7.18. The van der Waals surface area contributed by atoms with Gasteiger partial charge >= 0.3 is 0 Å². The Labute approximate surface area is 404 Å². The lowest BCUT2D eigenvalue weighted by Gasteiger charge is -2.57. The number of anilines is 4. The van der Waals surface area contributed by atoms with Crippen LogP contribution in [0.1, 0.15) is 65.7 Å². The van der Waals surface area contributed by atoms with E-state index in [4.69, 9.17) is 14.5 Å². The van der Waals surface area contributed by atoms with E-state index in [1.165, 1.54) is 30.7 Å². The van der Waals surface area contributed by atoms with Crippen LogP contribution in [0.2, 0.25) is 0 Å². The van der Waals surface area contributed by atoms with Gasteiger partial charge in [-0.1, -0.05) is 0 Å². The summed E-state index contributed by atoms with van der Waals surface area (Å²) in [6.45, 7) is 6.79. The first-order valence-electron chi connectivity index (χ1n) is 24.3. The highest BCUT2D eigenvalue weighted by atomic mass is 19.1. The van der Waals surface area contributed by atoms with E-state index in [1.54, 1.807) is 49.8 Å². The van der Waals surface area contributed by atoms with E-state index in [1.807, 2.05) is 12.1 Å². The van der Waals surface area contributed by atoms with Gasteiger partial charge in [0.05, 0.1) is 29.4 Å². The lowest BCUT2D eigenvalue weighted by molar-refractivity contribution is -0.131. The Morgan fingerprint density at radius 2 is 1.54 bits per heavy atom. The zero-order chi connectivity index (χ0) is 48.1. The summed E-state index contributed by atoms with van der Waals surface area (Å²) in [7, 11) is 1.68. The van der Waals surface area contributed by atoms with Gasteiger partial charge in [-0.3, -0.25) is 43.7 Å². The average molecular weight is 951 g/mol. The molecule has 1 aliphatic carbocycles. The van der Waals surface area contributed by atoms with Gasteiger partial charge in [-0.15, -0.1) is 0 Å². The second kappa shape index (κ2) is 18.6. The van der Waals surface area contributed by atoms with Crippen molar-refractivity contribution in [2.75, 3.05) is 80.3 Å². The van der Waals surface area contributed by atoms with E-state index in [-0.39, 0.29) is 11.5 Å². The molecule has 8 heterocycles. The third-order valence-corrected chi connectivity index (χ3v) is 15.0. The number of rotatable bonds is 15. The minimum Gasteiger partial charge on any atom is -0.495 e. The number of carbonyl (C=O) groups is 5. The third-order valence-electron chi connectivity index (χ3n) is 15.0. The SMILES string of the molecule is COc1cc2c(Oc3ccc(NC(=O)C4(C(=O)Nc5ccc(F)cc5)CC4)cc3)ccnc2cc1N1CCC(CN2C3CC2CN(CCNc2nccc4c2C(=O)N(C2CCCNC2=O)C4=O)C3)CC1. The fourth-order valence-corrected chi connectivity index (χ4v) is 10.9. The fraction of sp³-hybridized carbons (Fsp3) is 0.404. The van der Waals surface area contributed by atoms with E-state index in [0.29, 0.717) is 91.0 Å². The lowest BCUT2D eigenvalue weighted by Crippen LogP contribution is -2.69. The molecule has 362 valence electrons. The molecule has 70 heavy (non-hydrogen) atoms. The van der Waals surface area contributed by atoms with Crippen LogP contribution in [-0.4, -0.2) is 132 Å². The van der Waals surface area contributed by atoms with Gasteiger partial charge in [0.15, 0.2) is 0 Å². The maximum absolute atomic E-state index is 13.5. The van der Waals surface area contributed by atoms with Crippen molar-refractivity contribution in [2.24, 2.45) is 11.3 Å². The van der Waals surface area contributed by atoms with Crippen molar-refractivity contribution >= 4 is 63.3 Å². The highest BCUT2D eigenvalue weighted by Gasteiger charge is 2.56. The highest BCUT2D eigenvalue weighted by Crippen LogP contribution is 2.48. The maximum Gasteiger partial charge on any atom is 0.266 e. The van der Waals surface area contributed by atoms with E-state index in [9.17, 15) is 28.4 Å². The van der Waals surface area contributed by atoms with Crippen molar-refractivity contribution in [1.29, 1.82) is 0 Å². The van der Waals surface area contributed by atoms with E-state index in [2.05, 4.69) is 47.0 Å². The molecule has 3 aromatic carbocycles. The maximum atomic E-state index is 13.5. The van der Waals surface area contributed by atoms with Gasteiger partial charge in [-0.25, -0.2) is 9.37 Å². The number of imide groups is 1. The predicted octanol–water partition coefficient (Wildman–Crippen LogP) is 5.89. The fourth-order valence-electron chi connectivity index (χ4n) is 10.9. The van der Waals surface area contributed by atoms with Crippen molar-refractivity contribution in [3.05, 3.63) is 102 Å². The predicted molar refractivity (Wildman–Crippen MR) is 260 cm³/mol. The standard InChI is InChI=1S/C52H55FN10O7/c1-69-44-26-39-40(54-20-13-43(39)70-37-10-8-34(9-11-37)59-51(68)52(16-17-52)50(67)58-33-6-4-32(53)5-7-33)27-42(44)61-22-14-31(15-23-61)28-62-35-25-36(62)30-60(29-35)24-21-56-46-45-38(12-19-55-46)48(65)63(49(45)66)41-3-2-18-57-47(41)64/h4-13,19-20,26-27,31,35-36,41H,2-3,14-18,21-25,28-30H2,1H3,(H,55,56)(H,57,64)(H,58,67)(H,59,68). The van der Waals surface area contributed by atoms with Gasteiger partial charge < -0.3 is 35.6 Å². The molecule has 6 fully saturated rings. The molecule has 4 N–H and O–H groups in total. The second-order valence-corrected chi connectivity index (χ2v) is 19.3. The number of aromatic nitrogens is 2. The van der Waals surface area contributed by atoms with Gasteiger partial charge in [-0.2, -0.15) is 0 Å². The van der Waals surface area contributed by atoms with Crippen molar-refractivity contribution < 1.29 is 37.8 Å². The molecule has 5 amide bonds. The van der Waals surface area contributed by atoms with Crippen LogP contribution in [0.15, 0.2) is 85.2 Å². The Balaban J connectivity index is 0.652. The Morgan fingerprint density at radius 1 is 0.843 bits per heavy atom. The van der Waals surface area contributed by atoms with Crippen LogP contribution in [0.5, 0.6) is 17.2 Å². The minimum atomic E-state index is -1.17. The van der Waals surface area contributed by atoms with Crippen molar-refractivity contribution in [1.82, 2.24) is 30.0 Å². The largest absolute Gasteiger partial charge is 0.495 e. The Morgan fingerprint density at radius 3 is 2.23 bits per heavy atom. The number of pyridine rings is 2. The van der Waals surface area contributed by atoms with E-state index >= 15 is 0 Å². The number of benzene rings is 3. The first-order chi connectivity index (χ1) is 34.0. The third kappa shape index (κ3) is 8.63. The summed E-state index contributed by atoms with van der Waals surface area (Å²) >= 11 is 0. The number of halogens is 1. The second-order valence-electron chi connectivity index (χ2n) is 19.3. The number of carbonyl (C=O) groups excluding carboxylic acids is 5. The molecule has 17 nitrogen and oxygen atoms in total. The summed E-state index contributed by atoms with van der Waals surface area (Å²) in [6.07, 6.45) is 8.64. The van der Waals surface area contributed by atoms with Crippen LogP contribution in [0.4, 0.5) is 27.3 Å². The van der Waals surface area contributed by atoms with Gasteiger partial charge in [-0.05, 0) is 124 Å². The van der Waals surface area contributed by atoms with Gasteiger partial charge in [0.2, 0.25) is 17.7 Å².